The standard InChI is InChI=1S/C16H26IN3O/c1-6-18-13-12(17)11(2)19-14(20-13)16(21-5)9-7-15(3,4)8-10-16/h6-10H2,1-5H3,(H,18,19,20). The number of ether oxygens (including phenoxy) is 1. The fourth-order valence-corrected chi connectivity index (χ4v) is 3.33. The van der Waals surface area contributed by atoms with Crippen LogP contribution in [0.1, 0.15) is 58.0 Å². The summed E-state index contributed by atoms with van der Waals surface area (Å²) >= 11 is 2.31. The quantitative estimate of drug-likeness (QED) is 0.764. The van der Waals surface area contributed by atoms with Crippen LogP contribution in [-0.2, 0) is 10.3 Å². The molecule has 21 heavy (non-hydrogen) atoms. The SMILES string of the molecule is CCNc1nc(C2(OC)CCC(C)(C)CC2)nc(C)c1I. The molecule has 0 atom stereocenters. The van der Waals surface area contributed by atoms with E-state index in [2.05, 4.69) is 48.7 Å². The summed E-state index contributed by atoms with van der Waals surface area (Å²) in [7, 11) is 1.79. The maximum absolute atomic E-state index is 5.93. The zero-order chi connectivity index (χ0) is 15.7. The van der Waals surface area contributed by atoms with E-state index >= 15 is 0 Å². The second-order valence-electron chi connectivity index (χ2n) is 6.69. The van der Waals surface area contributed by atoms with Crippen LogP contribution in [0.25, 0.3) is 0 Å². The van der Waals surface area contributed by atoms with Crippen molar-refractivity contribution in [1.29, 1.82) is 0 Å². The van der Waals surface area contributed by atoms with Gasteiger partial charge in [0.25, 0.3) is 0 Å². The molecule has 118 valence electrons. The van der Waals surface area contributed by atoms with Crippen molar-refractivity contribution in [2.24, 2.45) is 5.41 Å². The van der Waals surface area contributed by atoms with Crippen molar-refractivity contribution >= 4 is 28.4 Å². The minimum absolute atomic E-state index is 0.325. The Kier molecular flexibility index (Phi) is 5.13. The third-order valence-electron chi connectivity index (χ3n) is 4.57. The highest BCUT2D eigenvalue weighted by Gasteiger charge is 2.42. The predicted octanol–water partition coefficient (Wildman–Crippen LogP) is 4.26. The lowest BCUT2D eigenvalue weighted by Crippen LogP contribution is -2.38. The summed E-state index contributed by atoms with van der Waals surface area (Å²) in [6, 6.07) is 0. The minimum Gasteiger partial charge on any atom is -0.370 e. The van der Waals surface area contributed by atoms with Crippen LogP contribution < -0.4 is 5.32 Å². The van der Waals surface area contributed by atoms with Gasteiger partial charge in [-0.2, -0.15) is 0 Å². The fraction of sp³-hybridized carbons (Fsp3) is 0.750. The Morgan fingerprint density at radius 3 is 2.33 bits per heavy atom. The average molecular weight is 403 g/mol. The molecule has 5 heteroatoms. The van der Waals surface area contributed by atoms with Crippen LogP contribution in [0.5, 0.6) is 0 Å². The predicted molar refractivity (Wildman–Crippen MR) is 94.6 cm³/mol. The summed E-state index contributed by atoms with van der Waals surface area (Å²) < 4.78 is 7.03. The van der Waals surface area contributed by atoms with Crippen LogP contribution in [0.3, 0.4) is 0 Å². The maximum Gasteiger partial charge on any atom is 0.162 e. The maximum atomic E-state index is 5.93. The second kappa shape index (κ2) is 6.36. The summed E-state index contributed by atoms with van der Waals surface area (Å²) in [6.07, 6.45) is 4.27. The molecule has 1 aromatic heterocycles. The first-order valence-corrected chi connectivity index (χ1v) is 8.75. The lowest BCUT2D eigenvalue weighted by molar-refractivity contribution is -0.0729. The second-order valence-corrected chi connectivity index (χ2v) is 7.77. The van der Waals surface area contributed by atoms with Gasteiger partial charge in [0, 0.05) is 13.7 Å². The van der Waals surface area contributed by atoms with Gasteiger partial charge in [-0.05, 0) is 67.5 Å². The molecule has 1 fully saturated rings. The smallest absolute Gasteiger partial charge is 0.162 e. The summed E-state index contributed by atoms with van der Waals surface area (Å²) in [5, 5.41) is 3.34. The highest BCUT2D eigenvalue weighted by atomic mass is 127. The Morgan fingerprint density at radius 1 is 1.19 bits per heavy atom. The summed E-state index contributed by atoms with van der Waals surface area (Å²) in [5.74, 6) is 1.77. The van der Waals surface area contributed by atoms with Gasteiger partial charge >= 0.3 is 0 Å². The van der Waals surface area contributed by atoms with Crippen molar-refractivity contribution in [3.63, 3.8) is 0 Å². The lowest BCUT2D eigenvalue weighted by atomic mass is 9.70. The van der Waals surface area contributed by atoms with E-state index in [4.69, 9.17) is 14.7 Å². The van der Waals surface area contributed by atoms with Crippen LogP contribution >= 0.6 is 22.6 Å². The highest BCUT2D eigenvalue weighted by Crippen LogP contribution is 2.46. The molecule has 1 N–H and O–H groups in total. The molecule has 0 saturated heterocycles. The van der Waals surface area contributed by atoms with Crippen LogP contribution in [0, 0.1) is 15.9 Å². The molecular weight excluding hydrogens is 377 g/mol. The van der Waals surface area contributed by atoms with E-state index in [-0.39, 0.29) is 5.60 Å². The molecule has 1 aliphatic rings. The number of nitrogens with one attached hydrogen (secondary N) is 1. The number of nitrogens with zero attached hydrogens (tertiary/aromatic N) is 2. The van der Waals surface area contributed by atoms with Crippen molar-refractivity contribution in [3.05, 3.63) is 15.1 Å². The number of rotatable bonds is 4. The third-order valence-corrected chi connectivity index (χ3v) is 5.86. The lowest BCUT2D eigenvalue weighted by Gasteiger charge is -2.41. The molecule has 1 heterocycles. The molecule has 0 radical (unpaired) electrons. The molecule has 1 aromatic rings. The van der Waals surface area contributed by atoms with E-state index in [1.54, 1.807) is 7.11 Å². The largest absolute Gasteiger partial charge is 0.370 e. The first kappa shape index (κ1) is 16.9. The van der Waals surface area contributed by atoms with Gasteiger partial charge < -0.3 is 10.1 Å². The number of aromatic nitrogens is 2. The van der Waals surface area contributed by atoms with Crippen molar-refractivity contribution < 1.29 is 4.74 Å². The van der Waals surface area contributed by atoms with E-state index in [1.165, 1.54) is 0 Å². The third kappa shape index (κ3) is 3.50. The molecule has 4 nitrogen and oxygen atoms in total. The van der Waals surface area contributed by atoms with Gasteiger partial charge in [0.2, 0.25) is 0 Å². The molecule has 0 unspecified atom stereocenters. The van der Waals surface area contributed by atoms with Gasteiger partial charge in [-0.15, -0.1) is 0 Å². The molecular formula is C16H26IN3O. The Balaban J connectivity index is 2.39. The molecule has 0 aromatic carbocycles. The molecule has 0 spiro atoms. The topological polar surface area (TPSA) is 47.0 Å². The molecule has 0 bridgehead atoms. The fourth-order valence-electron chi connectivity index (χ4n) is 2.90. The number of methoxy groups -OCH3 is 1. The van der Waals surface area contributed by atoms with Crippen molar-refractivity contribution in [2.75, 3.05) is 19.0 Å². The van der Waals surface area contributed by atoms with Crippen LogP contribution in [0.15, 0.2) is 0 Å². The van der Waals surface area contributed by atoms with Gasteiger partial charge in [-0.25, -0.2) is 9.97 Å². The molecule has 0 amide bonds. The zero-order valence-electron chi connectivity index (χ0n) is 13.7. The van der Waals surface area contributed by atoms with E-state index in [0.29, 0.717) is 5.41 Å². The van der Waals surface area contributed by atoms with Crippen LogP contribution in [-0.4, -0.2) is 23.6 Å². The summed E-state index contributed by atoms with van der Waals surface area (Å²) in [6.45, 7) is 9.65. The number of aryl methyl sites for hydroxylation is 1. The highest BCUT2D eigenvalue weighted by molar-refractivity contribution is 14.1. The Labute approximate surface area is 141 Å². The van der Waals surface area contributed by atoms with Gasteiger partial charge in [-0.3, -0.25) is 0 Å². The summed E-state index contributed by atoms with van der Waals surface area (Å²) in [4.78, 5) is 9.53. The monoisotopic (exact) mass is 403 g/mol. The van der Waals surface area contributed by atoms with Gasteiger partial charge in [0.05, 0.1) is 9.26 Å². The molecule has 1 aliphatic carbocycles. The molecule has 2 rings (SSSR count). The number of hydrogen-bond donors (Lipinski definition) is 1. The van der Waals surface area contributed by atoms with E-state index in [1.807, 2.05) is 6.92 Å². The van der Waals surface area contributed by atoms with Crippen molar-refractivity contribution in [3.8, 4) is 0 Å². The van der Waals surface area contributed by atoms with Crippen LogP contribution in [0.2, 0.25) is 0 Å². The molecule has 0 aliphatic heterocycles. The number of hydrogen-bond acceptors (Lipinski definition) is 4. The normalized spacial score (nSPS) is 20.3. The number of halogens is 1. The van der Waals surface area contributed by atoms with E-state index in [0.717, 1.165) is 53.1 Å². The van der Waals surface area contributed by atoms with E-state index < -0.39 is 0 Å². The average Bonchev–Trinajstić information content (AvgIpc) is 2.44. The van der Waals surface area contributed by atoms with Crippen molar-refractivity contribution in [1.82, 2.24) is 9.97 Å². The Morgan fingerprint density at radius 2 is 1.81 bits per heavy atom. The van der Waals surface area contributed by atoms with Gasteiger partial charge in [-0.1, -0.05) is 13.8 Å². The Bertz CT molecular complexity index is 506. The van der Waals surface area contributed by atoms with Crippen LogP contribution in [0.4, 0.5) is 5.82 Å². The minimum atomic E-state index is -0.325. The first-order valence-electron chi connectivity index (χ1n) is 7.67. The molecule has 1 saturated carbocycles. The van der Waals surface area contributed by atoms with Gasteiger partial charge in [0.1, 0.15) is 11.4 Å². The Hall–Kier alpha value is -0.430. The zero-order valence-corrected chi connectivity index (χ0v) is 15.9. The number of anilines is 1. The van der Waals surface area contributed by atoms with Gasteiger partial charge in [0.15, 0.2) is 5.82 Å². The van der Waals surface area contributed by atoms with E-state index in [9.17, 15) is 0 Å². The first-order chi connectivity index (χ1) is 9.83. The summed E-state index contributed by atoms with van der Waals surface area (Å²) in [5.41, 5.74) is 1.09. The van der Waals surface area contributed by atoms with Crippen molar-refractivity contribution in [2.45, 2.75) is 59.0 Å².